The third kappa shape index (κ3) is 11.6. The second-order valence-electron chi connectivity index (χ2n) is 4.43. The van der Waals surface area contributed by atoms with Gasteiger partial charge in [0, 0.05) is 13.0 Å². The highest BCUT2D eigenvalue weighted by molar-refractivity contribution is 5.78. The summed E-state index contributed by atoms with van der Waals surface area (Å²) in [6.45, 7) is 3.10. The van der Waals surface area contributed by atoms with Gasteiger partial charge in [-0.1, -0.05) is 0 Å². The molecule has 7 N–H and O–H groups in total. The Morgan fingerprint density at radius 3 is 2.42 bits per heavy atom. The first kappa shape index (κ1) is 17.8. The number of hydrogen-bond acceptors (Lipinski definition) is 5. The van der Waals surface area contributed by atoms with Crippen molar-refractivity contribution < 1.29 is 14.7 Å². The van der Waals surface area contributed by atoms with E-state index in [1.54, 1.807) is 0 Å². The number of unbranched alkanes of at least 4 members (excludes halogenated alkanes) is 1. The highest BCUT2D eigenvalue weighted by Gasteiger charge is 2.12. The van der Waals surface area contributed by atoms with E-state index in [1.165, 1.54) is 0 Å². The molecule has 0 aliphatic rings. The van der Waals surface area contributed by atoms with E-state index in [9.17, 15) is 9.59 Å². The Hall–Kier alpha value is -1.18. The van der Waals surface area contributed by atoms with Crippen molar-refractivity contribution >= 4 is 11.9 Å². The zero-order valence-electron chi connectivity index (χ0n) is 11.4. The van der Waals surface area contributed by atoms with Crippen LogP contribution in [-0.4, -0.2) is 49.2 Å². The Morgan fingerprint density at radius 2 is 1.79 bits per heavy atom. The van der Waals surface area contributed by atoms with Crippen LogP contribution in [0.15, 0.2) is 0 Å². The summed E-state index contributed by atoms with van der Waals surface area (Å²) in [6.07, 6.45) is 3.25. The summed E-state index contributed by atoms with van der Waals surface area (Å²) in [5.41, 5.74) is 10.7. The average molecular weight is 274 g/mol. The Kier molecular flexibility index (Phi) is 11.1. The molecule has 0 spiro atoms. The van der Waals surface area contributed by atoms with Crippen molar-refractivity contribution in [2.45, 2.75) is 38.1 Å². The first-order valence-corrected chi connectivity index (χ1v) is 6.73. The molecule has 0 bridgehead atoms. The van der Waals surface area contributed by atoms with E-state index in [1.807, 2.05) is 0 Å². The second kappa shape index (κ2) is 11.9. The lowest BCUT2D eigenvalue weighted by atomic mass is 10.1. The molecule has 7 nitrogen and oxygen atoms in total. The minimum absolute atomic E-state index is 0.150. The third-order valence-corrected chi connectivity index (χ3v) is 2.66. The van der Waals surface area contributed by atoms with Crippen LogP contribution in [0.4, 0.5) is 0 Å². The number of amides is 1. The van der Waals surface area contributed by atoms with Crippen LogP contribution >= 0.6 is 0 Å². The van der Waals surface area contributed by atoms with E-state index in [4.69, 9.17) is 16.6 Å². The number of aliphatic carboxylic acids is 1. The van der Waals surface area contributed by atoms with Crippen molar-refractivity contribution in [1.82, 2.24) is 10.6 Å². The molecule has 0 radical (unpaired) electrons. The van der Waals surface area contributed by atoms with Gasteiger partial charge in [0.15, 0.2) is 0 Å². The molecule has 0 unspecified atom stereocenters. The molecular formula is C12H26N4O3. The number of carboxylic acid groups (broad SMARTS) is 1. The number of carboxylic acids is 1. The van der Waals surface area contributed by atoms with Crippen LogP contribution < -0.4 is 22.1 Å². The Balaban J connectivity index is 3.32. The Morgan fingerprint density at radius 1 is 1.11 bits per heavy atom. The van der Waals surface area contributed by atoms with E-state index < -0.39 is 12.0 Å². The molecule has 112 valence electrons. The molecule has 0 aliphatic heterocycles. The number of nitrogens with two attached hydrogens (primary N) is 2. The monoisotopic (exact) mass is 274 g/mol. The van der Waals surface area contributed by atoms with Crippen molar-refractivity contribution in [2.24, 2.45) is 11.5 Å². The van der Waals surface area contributed by atoms with Crippen LogP contribution in [0.3, 0.4) is 0 Å². The van der Waals surface area contributed by atoms with Crippen molar-refractivity contribution in [3.8, 4) is 0 Å². The topological polar surface area (TPSA) is 130 Å². The smallest absolute Gasteiger partial charge is 0.320 e. The molecule has 7 heteroatoms. The lowest BCUT2D eigenvalue weighted by Gasteiger charge is -2.08. The Bertz CT molecular complexity index is 261. The normalized spacial score (nSPS) is 12.1. The highest BCUT2D eigenvalue weighted by Crippen LogP contribution is 1.94. The molecule has 1 amide bonds. The molecule has 0 rings (SSSR count). The number of hydrogen-bond donors (Lipinski definition) is 5. The predicted octanol–water partition coefficient (Wildman–Crippen LogP) is -0.987. The fourth-order valence-corrected chi connectivity index (χ4v) is 1.46. The summed E-state index contributed by atoms with van der Waals surface area (Å²) in [6, 6.07) is -0.963. The van der Waals surface area contributed by atoms with Gasteiger partial charge in [0.05, 0.1) is 0 Å². The lowest BCUT2D eigenvalue weighted by Crippen LogP contribution is -2.33. The highest BCUT2D eigenvalue weighted by atomic mass is 16.4. The summed E-state index contributed by atoms with van der Waals surface area (Å²) >= 11 is 0. The van der Waals surface area contributed by atoms with E-state index >= 15 is 0 Å². The largest absolute Gasteiger partial charge is 0.480 e. The minimum Gasteiger partial charge on any atom is -0.480 e. The van der Waals surface area contributed by atoms with Crippen molar-refractivity contribution in [1.29, 1.82) is 0 Å². The minimum atomic E-state index is -1.07. The van der Waals surface area contributed by atoms with Gasteiger partial charge in [-0.2, -0.15) is 0 Å². The number of carbonyl (C=O) groups is 2. The van der Waals surface area contributed by atoms with Crippen LogP contribution in [0.1, 0.15) is 32.1 Å². The second-order valence-corrected chi connectivity index (χ2v) is 4.43. The third-order valence-electron chi connectivity index (χ3n) is 2.66. The molecule has 0 saturated heterocycles. The zero-order chi connectivity index (χ0) is 14.5. The maximum atomic E-state index is 11.4. The summed E-state index contributed by atoms with van der Waals surface area (Å²) in [5.74, 6) is -1.23. The maximum Gasteiger partial charge on any atom is 0.320 e. The van der Waals surface area contributed by atoms with Gasteiger partial charge >= 0.3 is 5.97 Å². The van der Waals surface area contributed by atoms with Crippen molar-refractivity contribution in [3.63, 3.8) is 0 Å². The molecule has 0 aromatic heterocycles. The Labute approximate surface area is 114 Å². The van der Waals surface area contributed by atoms with Gasteiger partial charge in [0.2, 0.25) is 5.91 Å². The SMILES string of the molecule is NCCCCNCCCNC(=O)CC[C@H](N)C(=O)O. The first-order valence-electron chi connectivity index (χ1n) is 6.73. The van der Waals surface area contributed by atoms with Gasteiger partial charge in [0.25, 0.3) is 0 Å². The summed E-state index contributed by atoms with van der Waals surface area (Å²) in [4.78, 5) is 21.8. The fourth-order valence-electron chi connectivity index (χ4n) is 1.46. The van der Waals surface area contributed by atoms with Crippen LogP contribution in [0, 0.1) is 0 Å². The maximum absolute atomic E-state index is 11.4. The summed E-state index contributed by atoms with van der Waals surface area (Å²) in [5, 5.41) is 14.5. The standard InChI is InChI=1S/C12H26N4O3/c13-6-1-2-7-15-8-3-9-16-11(17)5-4-10(14)12(18)19/h10,15H,1-9,13-14H2,(H,16,17)(H,18,19)/t10-/m0/s1. The van der Waals surface area contributed by atoms with Gasteiger partial charge in [-0.15, -0.1) is 0 Å². The quantitative estimate of drug-likeness (QED) is 0.291. The van der Waals surface area contributed by atoms with E-state index in [-0.39, 0.29) is 18.7 Å². The fraction of sp³-hybridized carbons (Fsp3) is 0.833. The van der Waals surface area contributed by atoms with Crippen LogP contribution in [0.5, 0.6) is 0 Å². The molecule has 19 heavy (non-hydrogen) atoms. The number of carbonyl (C=O) groups excluding carboxylic acids is 1. The van der Waals surface area contributed by atoms with Crippen LogP contribution in [0.25, 0.3) is 0 Å². The summed E-state index contributed by atoms with van der Waals surface area (Å²) in [7, 11) is 0. The predicted molar refractivity (Wildman–Crippen MR) is 73.6 cm³/mol. The molecule has 0 aromatic carbocycles. The molecule has 0 heterocycles. The van der Waals surface area contributed by atoms with Gasteiger partial charge in [0.1, 0.15) is 6.04 Å². The zero-order valence-corrected chi connectivity index (χ0v) is 11.4. The lowest BCUT2D eigenvalue weighted by molar-refractivity contribution is -0.138. The van der Waals surface area contributed by atoms with Crippen molar-refractivity contribution in [2.75, 3.05) is 26.2 Å². The summed E-state index contributed by atoms with van der Waals surface area (Å²) < 4.78 is 0. The molecular weight excluding hydrogens is 248 g/mol. The molecule has 1 atom stereocenters. The van der Waals surface area contributed by atoms with Gasteiger partial charge < -0.3 is 27.2 Å². The number of rotatable bonds is 12. The number of nitrogens with one attached hydrogen (secondary N) is 2. The van der Waals surface area contributed by atoms with E-state index in [2.05, 4.69) is 10.6 Å². The van der Waals surface area contributed by atoms with Crippen LogP contribution in [0.2, 0.25) is 0 Å². The average Bonchev–Trinajstić information content (AvgIpc) is 2.38. The van der Waals surface area contributed by atoms with Crippen LogP contribution in [-0.2, 0) is 9.59 Å². The van der Waals surface area contributed by atoms with E-state index in [0.29, 0.717) is 6.54 Å². The molecule has 0 aromatic rings. The van der Waals surface area contributed by atoms with Gasteiger partial charge in [-0.3, -0.25) is 9.59 Å². The van der Waals surface area contributed by atoms with Crippen molar-refractivity contribution in [3.05, 3.63) is 0 Å². The first-order chi connectivity index (χ1) is 9.07. The van der Waals surface area contributed by atoms with Gasteiger partial charge in [-0.25, -0.2) is 0 Å². The molecule has 0 saturated carbocycles. The van der Waals surface area contributed by atoms with E-state index in [0.717, 1.165) is 38.9 Å². The molecule has 0 fully saturated rings. The van der Waals surface area contributed by atoms with Gasteiger partial charge in [-0.05, 0) is 45.3 Å². The molecule has 0 aliphatic carbocycles.